The second-order valence-electron chi connectivity index (χ2n) is 7.05. The van der Waals surface area contributed by atoms with Crippen LogP contribution in [0.2, 0.25) is 0 Å². The Kier molecular flexibility index (Phi) is 6.33. The molecular formula is C24H21F2N3O2. The number of aryl methyl sites for hydroxylation is 1. The fraction of sp³-hybridized carbons (Fsp3) is 0.167. The fourth-order valence-corrected chi connectivity index (χ4v) is 3.25. The summed E-state index contributed by atoms with van der Waals surface area (Å²) in [7, 11) is 0. The van der Waals surface area contributed by atoms with Crippen molar-refractivity contribution in [3.63, 3.8) is 0 Å². The molecule has 1 aromatic heterocycles. The zero-order valence-electron chi connectivity index (χ0n) is 16.8. The molecule has 0 spiro atoms. The summed E-state index contributed by atoms with van der Waals surface area (Å²) in [5.74, 6) is 1.10. The van der Waals surface area contributed by atoms with Gasteiger partial charge in [0.2, 0.25) is 0 Å². The van der Waals surface area contributed by atoms with E-state index in [-0.39, 0.29) is 11.8 Å². The Hall–Kier alpha value is -3.58. The molecule has 0 bridgehead atoms. The van der Waals surface area contributed by atoms with E-state index < -0.39 is 6.61 Å². The molecule has 7 heteroatoms. The minimum atomic E-state index is -2.85. The summed E-state index contributed by atoms with van der Waals surface area (Å²) >= 11 is 0. The maximum Gasteiger partial charge on any atom is 0.387 e. The van der Waals surface area contributed by atoms with Crippen LogP contribution in [0.3, 0.4) is 0 Å². The van der Waals surface area contributed by atoms with Crippen molar-refractivity contribution in [2.45, 2.75) is 26.1 Å². The quantitative estimate of drug-likeness (QED) is 0.406. The highest BCUT2D eigenvalue weighted by atomic mass is 19.3. The molecule has 0 unspecified atom stereocenters. The van der Waals surface area contributed by atoms with Crippen molar-refractivity contribution < 1.29 is 18.0 Å². The van der Waals surface area contributed by atoms with Crippen LogP contribution in [-0.2, 0) is 6.54 Å². The number of alkyl halides is 2. The third-order valence-corrected chi connectivity index (χ3v) is 4.80. The predicted molar refractivity (Wildman–Crippen MR) is 113 cm³/mol. The van der Waals surface area contributed by atoms with E-state index in [0.29, 0.717) is 18.3 Å². The number of hydrogen-bond acceptors (Lipinski definition) is 5. The number of halogens is 2. The molecule has 0 radical (unpaired) electrons. The monoisotopic (exact) mass is 421 g/mol. The Morgan fingerprint density at radius 1 is 0.903 bits per heavy atom. The summed E-state index contributed by atoms with van der Waals surface area (Å²) < 4.78 is 34.7. The van der Waals surface area contributed by atoms with Crippen LogP contribution < -0.4 is 10.1 Å². The molecule has 0 saturated carbocycles. The molecule has 0 aliphatic rings. The van der Waals surface area contributed by atoms with Gasteiger partial charge in [0.1, 0.15) is 5.75 Å². The summed E-state index contributed by atoms with van der Waals surface area (Å²) in [5.41, 5.74) is 3.93. The third-order valence-electron chi connectivity index (χ3n) is 4.80. The van der Waals surface area contributed by atoms with Crippen LogP contribution in [0.15, 0.2) is 83.4 Å². The number of nitrogens with zero attached hydrogens (tertiary/aromatic N) is 2. The summed E-state index contributed by atoms with van der Waals surface area (Å²) in [6.45, 7) is -0.470. The third kappa shape index (κ3) is 5.32. The molecule has 0 aliphatic carbocycles. The Labute approximate surface area is 178 Å². The maximum atomic E-state index is 12.4. The van der Waals surface area contributed by atoms with Crippen molar-refractivity contribution in [3.8, 4) is 17.2 Å². The average Bonchev–Trinajstić information content (AvgIpc) is 3.25. The lowest BCUT2D eigenvalue weighted by molar-refractivity contribution is -0.0498. The summed E-state index contributed by atoms with van der Waals surface area (Å²) in [6.07, 6.45) is 0. The molecule has 31 heavy (non-hydrogen) atoms. The van der Waals surface area contributed by atoms with Gasteiger partial charge in [-0.15, -0.1) is 0 Å². The molecule has 158 valence electrons. The highest BCUT2D eigenvalue weighted by Gasteiger charge is 2.16. The molecule has 1 heterocycles. The lowest BCUT2D eigenvalue weighted by atomic mass is 9.98. The molecule has 0 amide bonds. The molecule has 5 nitrogen and oxygen atoms in total. The van der Waals surface area contributed by atoms with E-state index in [1.54, 1.807) is 12.1 Å². The average molecular weight is 421 g/mol. The van der Waals surface area contributed by atoms with Gasteiger partial charge in [0, 0.05) is 5.56 Å². The predicted octanol–water partition coefficient (Wildman–Crippen LogP) is 5.53. The zero-order chi connectivity index (χ0) is 21.6. The minimum absolute atomic E-state index is 0.117. The van der Waals surface area contributed by atoms with Crippen LogP contribution in [0.5, 0.6) is 5.75 Å². The van der Waals surface area contributed by atoms with Crippen molar-refractivity contribution in [1.82, 2.24) is 15.5 Å². The molecule has 0 saturated heterocycles. The van der Waals surface area contributed by atoms with Crippen LogP contribution >= 0.6 is 0 Å². The van der Waals surface area contributed by atoms with E-state index in [9.17, 15) is 8.78 Å². The van der Waals surface area contributed by atoms with E-state index in [2.05, 4.69) is 20.2 Å². The van der Waals surface area contributed by atoms with Crippen LogP contribution in [0.1, 0.15) is 28.6 Å². The van der Waals surface area contributed by atoms with Gasteiger partial charge in [0.15, 0.2) is 5.82 Å². The normalized spacial score (nSPS) is 12.1. The first-order chi connectivity index (χ1) is 15.1. The largest absolute Gasteiger partial charge is 0.435 e. The smallest absolute Gasteiger partial charge is 0.387 e. The van der Waals surface area contributed by atoms with Gasteiger partial charge in [-0.3, -0.25) is 5.32 Å². The topological polar surface area (TPSA) is 60.2 Å². The van der Waals surface area contributed by atoms with E-state index in [1.165, 1.54) is 12.1 Å². The molecular weight excluding hydrogens is 400 g/mol. The van der Waals surface area contributed by atoms with Crippen LogP contribution in [0.25, 0.3) is 11.5 Å². The van der Waals surface area contributed by atoms with E-state index in [1.807, 2.05) is 61.5 Å². The van der Waals surface area contributed by atoms with Gasteiger partial charge >= 0.3 is 6.61 Å². The lowest BCUT2D eigenvalue weighted by Gasteiger charge is -2.19. The van der Waals surface area contributed by atoms with Crippen LogP contribution in [0, 0.1) is 6.92 Å². The highest BCUT2D eigenvalue weighted by Crippen LogP contribution is 2.25. The van der Waals surface area contributed by atoms with Crippen molar-refractivity contribution >= 4 is 0 Å². The van der Waals surface area contributed by atoms with Crippen molar-refractivity contribution in [2.75, 3.05) is 0 Å². The molecule has 4 rings (SSSR count). The maximum absolute atomic E-state index is 12.4. The Morgan fingerprint density at radius 3 is 2.26 bits per heavy atom. The SMILES string of the molecule is Cc1ccc(-c2nc(CN[C@H](c3ccccc3)c3ccc(OC(F)F)cc3)no2)cc1. The summed E-state index contributed by atoms with van der Waals surface area (Å²) in [4.78, 5) is 4.47. The lowest BCUT2D eigenvalue weighted by Crippen LogP contribution is -2.22. The molecule has 3 aromatic carbocycles. The first kappa shape index (κ1) is 20.7. The van der Waals surface area contributed by atoms with Gasteiger partial charge < -0.3 is 9.26 Å². The first-order valence-electron chi connectivity index (χ1n) is 9.81. The number of hydrogen-bond donors (Lipinski definition) is 1. The number of nitrogens with one attached hydrogen (secondary N) is 1. The van der Waals surface area contributed by atoms with Gasteiger partial charge in [-0.1, -0.05) is 65.3 Å². The second kappa shape index (κ2) is 9.49. The van der Waals surface area contributed by atoms with Crippen LogP contribution in [-0.4, -0.2) is 16.8 Å². The second-order valence-corrected chi connectivity index (χ2v) is 7.05. The van der Waals surface area contributed by atoms with Crippen molar-refractivity contribution in [1.29, 1.82) is 0 Å². The molecule has 1 N–H and O–H groups in total. The number of rotatable bonds is 8. The van der Waals surface area contributed by atoms with Gasteiger partial charge in [-0.05, 0) is 42.3 Å². The van der Waals surface area contributed by atoms with Crippen molar-refractivity contribution in [2.24, 2.45) is 0 Å². The van der Waals surface area contributed by atoms with Crippen molar-refractivity contribution in [3.05, 3.63) is 101 Å². The standard InChI is InChI=1S/C24H21F2N3O2/c1-16-7-9-19(10-8-16)23-28-21(29-31-23)15-27-22(17-5-3-2-4-6-17)18-11-13-20(14-12-18)30-24(25)26/h2-14,22,24,27H,15H2,1H3/t22-/m1/s1. The Morgan fingerprint density at radius 2 is 1.58 bits per heavy atom. The van der Waals surface area contributed by atoms with E-state index in [4.69, 9.17) is 4.52 Å². The summed E-state index contributed by atoms with van der Waals surface area (Å²) in [6, 6.07) is 24.1. The zero-order valence-corrected chi connectivity index (χ0v) is 16.8. The molecule has 0 fully saturated rings. The van der Waals surface area contributed by atoms with Gasteiger partial charge in [-0.2, -0.15) is 13.8 Å². The van der Waals surface area contributed by atoms with Gasteiger partial charge in [0.05, 0.1) is 12.6 Å². The Bertz CT molecular complexity index is 1100. The fourth-order valence-electron chi connectivity index (χ4n) is 3.25. The number of benzene rings is 3. The van der Waals surface area contributed by atoms with Gasteiger partial charge in [-0.25, -0.2) is 0 Å². The molecule has 4 aromatic rings. The number of ether oxygens (including phenoxy) is 1. The van der Waals surface area contributed by atoms with Gasteiger partial charge in [0.25, 0.3) is 5.89 Å². The molecule has 1 atom stereocenters. The first-order valence-corrected chi connectivity index (χ1v) is 9.81. The minimum Gasteiger partial charge on any atom is -0.435 e. The Balaban J connectivity index is 1.51. The number of aromatic nitrogens is 2. The van der Waals surface area contributed by atoms with E-state index in [0.717, 1.165) is 22.3 Å². The summed E-state index contributed by atoms with van der Waals surface area (Å²) in [5, 5.41) is 7.50. The molecule has 0 aliphatic heterocycles. The van der Waals surface area contributed by atoms with Crippen LogP contribution in [0.4, 0.5) is 8.78 Å². The highest BCUT2D eigenvalue weighted by molar-refractivity contribution is 5.53. The van der Waals surface area contributed by atoms with E-state index >= 15 is 0 Å².